The second-order valence-corrected chi connectivity index (χ2v) is 8.20. The van der Waals surface area contributed by atoms with Gasteiger partial charge in [-0.1, -0.05) is 42.5 Å². The van der Waals surface area contributed by atoms with Crippen LogP contribution in [0.4, 0.5) is 5.82 Å². The quantitative estimate of drug-likeness (QED) is 0.664. The molecule has 0 unspecified atom stereocenters. The number of aromatic nitrogens is 1. The van der Waals surface area contributed by atoms with Gasteiger partial charge < -0.3 is 10.2 Å². The molecule has 1 fully saturated rings. The Morgan fingerprint density at radius 2 is 1.73 bits per heavy atom. The molecule has 2 aromatic heterocycles. The van der Waals surface area contributed by atoms with E-state index in [0.717, 1.165) is 24.5 Å². The molecule has 0 radical (unpaired) electrons. The molecule has 154 valence electrons. The summed E-state index contributed by atoms with van der Waals surface area (Å²) in [5.41, 5.74) is 1.03. The number of carbonyl (C=O) groups excluding carboxylic acids is 2. The van der Waals surface area contributed by atoms with Gasteiger partial charge in [-0.15, -0.1) is 11.3 Å². The lowest BCUT2D eigenvalue weighted by Crippen LogP contribution is -2.56. The first-order valence-corrected chi connectivity index (χ1v) is 11.0. The molecule has 1 saturated heterocycles. The van der Waals surface area contributed by atoms with E-state index in [9.17, 15) is 9.59 Å². The van der Waals surface area contributed by atoms with Crippen molar-refractivity contribution < 1.29 is 14.6 Å². The van der Waals surface area contributed by atoms with Gasteiger partial charge in [0.15, 0.2) is 0 Å². The van der Waals surface area contributed by atoms with Crippen molar-refractivity contribution in [2.24, 2.45) is 0 Å². The van der Waals surface area contributed by atoms with E-state index in [-0.39, 0.29) is 11.8 Å². The molecule has 2 amide bonds. The molecular formula is C23H25N4O2S+. The third-order valence-electron chi connectivity index (χ3n) is 5.26. The van der Waals surface area contributed by atoms with Crippen LogP contribution in [0.3, 0.4) is 0 Å². The summed E-state index contributed by atoms with van der Waals surface area (Å²) in [7, 11) is 0. The Morgan fingerprint density at radius 3 is 2.40 bits per heavy atom. The number of anilines is 1. The first kappa shape index (κ1) is 20.1. The molecule has 1 aromatic carbocycles. The lowest BCUT2D eigenvalue weighted by molar-refractivity contribution is -0.364. The summed E-state index contributed by atoms with van der Waals surface area (Å²) in [5.74, 6) is 0.827. The van der Waals surface area contributed by atoms with Crippen LogP contribution in [-0.2, 0) is 11.2 Å². The molecule has 1 aliphatic heterocycles. The highest BCUT2D eigenvalue weighted by Gasteiger charge is 2.31. The van der Waals surface area contributed by atoms with Crippen LogP contribution in [-0.4, -0.2) is 48.9 Å². The van der Waals surface area contributed by atoms with Crippen molar-refractivity contribution >= 4 is 29.0 Å². The second-order valence-electron chi connectivity index (χ2n) is 7.25. The van der Waals surface area contributed by atoms with Gasteiger partial charge in [0.2, 0.25) is 5.91 Å². The van der Waals surface area contributed by atoms with Crippen LogP contribution in [0, 0.1) is 0 Å². The van der Waals surface area contributed by atoms with E-state index in [4.69, 9.17) is 0 Å². The topological polar surface area (TPSA) is 66.8 Å². The molecule has 3 heterocycles. The Morgan fingerprint density at radius 1 is 0.967 bits per heavy atom. The number of benzene rings is 1. The number of hydrogen-bond donors (Lipinski definition) is 1. The van der Waals surface area contributed by atoms with Gasteiger partial charge in [0.25, 0.3) is 11.7 Å². The Bertz CT molecular complexity index is 955. The van der Waals surface area contributed by atoms with E-state index in [1.54, 1.807) is 6.07 Å². The molecular weight excluding hydrogens is 396 g/mol. The minimum atomic E-state index is -0.586. The van der Waals surface area contributed by atoms with Crippen LogP contribution in [0.15, 0.2) is 72.2 Å². The fourth-order valence-corrected chi connectivity index (χ4v) is 4.28. The van der Waals surface area contributed by atoms with Crippen LogP contribution in [0.25, 0.3) is 0 Å². The summed E-state index contributed by atoms with van der Waals surface area (Å²) in [5, 5.41) is 4.83. The first-order valence-electron chi connectivity index (χ1n) is 10.1. The highest BCUT2D eigenvalue weighted by molar-refractivity contribution is 7.12. The summed E-state index contributed by atoms with van der Waals surface area (Å²) in [6.45, 7) is 2.76. The average molecular weight is 422 g/mol. The molecule has 2 N–H and O–H groups in total. The van der Waals surface area contributed by atoms with Gasteiger partial charge >= 0.3 is 0 Å². The van der Waals surface area contributed by atoms with E-state index >= 15 is 0 Å². The molecule has 7 heteroatoms. The number of piperazine rings is 1. The third-order valence-corrected chi connectivity index (χ3v) is 6.12. The SMILES string of the molecule is O=C(N[C@@H](Cc1ccccc1)C(=O)N1CCN(c2cccc[nH+]2)CC1)c1cccs1. The van der Waals surface area contributed by atoms with E-state index < -0.39 is 6.04 Å². The molecule has 0 aliphatic carbocycles. The Labute approximate surface area is 180 Å². The van der Waals surface area contributed by atoms with Crippen LogP contribution in [0.1, 0.15) is 15.2 Å². The lowest BCUT2D eigenvalue weighted by atomic mass is 10.0. The maximum Gasteiger partial charge on any atom is 0.274 e. The fourth-order valence-electron chi connectivity index (χ4n) is 3.66. The van der Waals surface area contributed by atoms with Crippen molar-refractivity contribution in [3.63, 3.8) is 0 Å². The second kappa shape index (κ2) is 9.54. The van der Waals surface area contributed by atoms with E-state index in [1.807, 2.05) is 71.1 Å². The van der Waals surface area contributed by atoms with Crippen LogP contribution in [0.2, 0.25) is 0 Å². The number of nitrogens with zero attached hydrogens (tertiary/aromatic N) is 2. The van der Waals surface area contributed by atoms with Crippen molar-refractivity contribution in [3.05, 3.63) is 82.7 Å². The average Bonchev–Trinajstić information content (AvgIpc) is 3.35. The molecule has 4 rings (SSSR count). The molecule has 0 spiro atoms. The number of thiophene rings is 1. The first-order chi connectivity index (χ1) is 14.7. The number of nitrogens with one attached hydrogen (secondary N) is 2. The zero-order chi connectivity index (χ0) is 20.8. The number of amides is 2. The normalized spacial score (nSPS) is 14.9. The van der Waals surface area contributed by atoms with Crippen LogP contribution < -0.4 is 15.2 Å². The number of aromatic amines is 1. The van der Waals surface area contributed by atoms with Crippen molar-refractivity contribution in [2.75, 3.05) is 31.1 Å². The standard InChI is InChI=1S/C23H24N4O2S/c28-22(20-9-6-16-30-20)25-19(17-18-7-2-1-3-8-18)23(29)27-14-12-26(13-15-27)21-10-4-5-11-24-21/h1-11,16,19H,12-15,17H2,(H,25,28)/p+1/t19-/m0/s1. The van der Waals surface area contributed by atoms with Gasteiger partial charge in [-0.05, 0) is 23.1 Å². The number of pyridine rings is 1. The largest absolute Gasteiger partial charge is 0.339 e. The van der Waals surface area contributed by atoms with Crippen LogP contribution >= 0.6 is 11.3 Å². The molecule has 3 aromatic rings. The summed E-state index contributed by atoms with van der Waals surface area (Å²) < 4.78 is 0. The Balaban J connectivity index is 1.44. The maximum absolute atomic E-state index is 13.3. The minimum absolute atomic E-state index is 0.0274. The summed E-state index contributed by atoms with van der Waals surface area (Å²) in [6.07, 6.45) is 2.38. The van der Waals surface area contributed by atoms with E-state index in [2.05, 4.69) is 15.2 Å². The summed E-state index contributed by atoms with van der Waals surface area (Å²) >= 11 is 1.38. The molecule has 1 aliphatic rings. The molecule has 0 saturated carbocycles. The van der Waals surface area contributed by atoms with E-state index in [0.29, 0.717) is 24.4 Å². The number of hydrogen-bond acceptors (Lipinski definition) is 4. The van der Waals surface area contributed by atoms with E-state index in [1.165, 1.54) is 11.3 Å². The van der Waals surface area contributed by atoms with Gasteiger partial charge in [-0.3, -0.25) is 14.5 Å². The van der Waals surface area contributed by atoms with Crippen molar-refractivity contribution in [2.45, 2.75) is 12.5 Å². The van der Waals surface area contributed by atoms with Gasteiger partial charge in [0.05, 0.1) is 24.2 Å². The lowest BCUT2D eigenvalue weighted by Gasteiger charge is -2.33. The van der Waals surface area contributed by atoms with Gasteiger partial charge in [-0.25, -0.2) is 4.98 Å². The number of carbonyl (C=O) groups is 2. The predicted octanol–water partition coefficient (Wildman–Crippen LogP) is 2.25. The minimum Gasteiger partial charge on any atom is -0.339 e. The van der Waals surface area contributed by atoms with Crippen molar-refractivity contribution in [1.29, 1.82) is 0 Å². The number of rotatable bonds is 6. The van der Waals surface area contributed by atoms with Gasteiger partial charge in [-0.2, -0.15) is 0 Å². The van der Waals surface area contributed by atoms with Crippen molar-refractivity contribution in [3.8, 4) is 0 Å². The molecule has 30 heavy (non-hydrogen) atoms. The highest BCUT2D eigenvalue weighted by Crippen LogP contribution is 2.14. The smallest absolute Gasteiger partial charge is 0.274 e. The number of H-pyrrole nitrogens is 1. The Kier molecular flexibility index (Phi) is 6.39. The fraction of sp³-hybridized carbons (Fsp3) is 0.261. The summed E-state index contributed by atoms with van der Waals surface area (Å²) in [6, 6.07) is 18.8. The zero-order valence-corrected chi connectivity index (χ0v) is 17.5. The van der Waals surface area contributed by atoms with Crippen LogP contribution in [0.5, 0.6) is 0 Å². The monoisotopic (exact) mass is 421 g/mol. The van der Waals surface area contributed by atoms with Gasteiger partial charge in [0, 0.05) is 12.5 Å². The third kappa shape index (κ3) is 4.86. The predicted molar refractivity (Wildman–Crippen MR) is 118 cm³/mol. The maximum atomic E-state index is 13.3. The van der Waals surface area contributed by atoms with Gasteiger partial charge in [0.1, 0.15) is 19.1 Å². The molecule has 0 bridgehead atoms. The zero-order valence-electron chi connectivity index (χ0n) is 16.7. The summed E-state index contributed by atoms with van der Waals surface area (Å²) in [4.78, 5) is 33.9. The molecule has 1 atom stereocenters. The highest BCUT2D eigenvalue weighted by atomic mass is 32.1. The van der Waals surface area contributed by atoms with Crippen molar-refractivity contribution in [1.82, 2.24) is 10.2 Å². The Hall–Kier alpha value is -3.19. The molecule has 6 nitrogen and oxygen atoms in total.